The van der Waals surface area contributed by atoms with Crippen LogP contribution in [-0.4, -0.2) is 47.2 Å². The number of ether oxygens (including phenoxy) is 2. The number of Topliss-reactive ketones (excluding diaryl/α,β-unsaturated/α-hetero) is 1. The van der Waals surface area contributed by atoms with Gasteiger partial charge in [0.25, 0.3) is 5.78 Å². The molecular formula is C20H27ClN4O5. The number of carbonyl (C=O) groups excluding carboxylic acids is 3. The summed E-state index contributed by atoms with van der Waals surface area (Å²) in [6.45, 7) is 5.49. The number of ketones is 1. The van der Waals surface area contributed by atoms with Crippen molar-refractivity contribution in [3.63, 3.8) is 0 Å². The van der Waals surface area contributed by atoms with Crippen LogP contribution in [0.15, 0.2) is 24.3 Å². The Morgan fingerprint density at radius 2 is 1.90 bits per heavy atom. The number of benzene rings is 1. The monoisotopic (exact) mass is 438 g/mol. The average Bonchev–Trinajstić information content (AvgIpc) is 2.65. The Labute approximate surface area is 180 Å². The lowest BCUT2D eigenvalue weighted by Gasteiger charge is -2.22. The summed E-state index contributed by atoms with van der Waals surface area (Å²) < 4.78 is 10.2. The smallest absolute Gasteiger partial charge is 0.408 e. The maximum atomic E-state index is 12.0. The summed E-state index contributed by atoms with van der Waals surface area (Å²) >= 11 is 6.00. The van der Waals surface area contributed by atoms with Gasteiger partial charge in [-0.1, -0.05) is 29.8 Å². The molecule has 1 aromatic carbocycles. The molecule has 9 nitrogen and oxygen atoms in total. The largest absolute Gasteiger partial charge is 0.445 e. The van der Waals surface area contributed by atoms with Crippen LogP contribution < -0.4 is 10.6 Å². The van der Waals surface area contributed by atoms with Crippen LogP contribution in [0.4, 0.5) is 9.59 Å². The first kappa shape index (κ1) is 25.1. The molecule has 0 unspecified atom stereocenters. The van der Waals surface area contributed by atoms with E-state index in [1.165, 1.54) is 0 Å². The highest BCUT2D eigenvalue weighted by Gasteiger charge is 2.25. The van der Waals surface area contributed by atoms with Crippen molar-refractivity contribution in [2.75, 3.05) is 6.54 Å². The lowest BCUT2D eigenvalue weighted by Crippen LogP contribution is -2.44. The van der Waals surface area contributed by atoms with E-state index in [1.807, 2.05) is 0 Å². The Balaban J connectivity index is 2.37. The number of alkyl carbamates (subject to hydrolysis) is 2. The highest BCUT2D eigenvalue weighted by molar-refractivity contribution is 6.31. The SMILES string of the molecule is CC(C)(C)OC(=O)N[C@@H](CCCCNC(=O)OCc1ccccc1Cl)C(=O)C=[N+]=[N-]. The Hall–Kier alpha value is -2.90. The molecule has 0 aliphatic carbocycles. The topological polar surface area (TPSA) is 130 Å². The van der Waals surface area contributed by atoms with E-state index in [4.69, 9.17) is 26.6 Å². The summed E-state index contributed by atoms with van der Waals surface area (Å²) in [4.78, 5) is 38.3. The molecule has 0 aliphatic heterocycles. The predicted molar refractivity (Wildman–Crippen MR) is 111 cm³/mol. The molecule has 30 heavy (non-hydrogen) atoms. The molecule has 2 N–H and O–H groups in total. The fraction of sp³-hybridized carbons (Fsp3) is 0.500. The highest BCUT2D eigenvalue weighted by atomic mass is 35.5. The van der Waals surface area contributed by atoms with Crippen molar-refractivity contribution in [3.05, 3.63) is 40.4 Å². The summed E-state index contributed by atoms with van der Waals surface area (Å²) in [5.74, 6) is -0.560. The Morgan fingerprint density at radius 1 is 1.20 bits per heavy atom. The van der Waals surface area contributed by atoms with E-state index in [0.717, 1.165) is 6.21 Å². The van der Waals surface area contributed by atoms with Crippen molar-refractivity contribution in [1.82, 2.24) is 10.6 Å². The second-order valence-corrected chi connectivity index (χ2v) is 7.84. The van der Waals surface area contributed by atoms with Crippen molar-refractivity contribution in [2.45, 2.75) is 58.3 Å². The van der Waals surface area contributed by atoms with Crippen LogP contribution in [0.1, 0.15) is 45.6 Å². The molecule has 0 fully saturated rings. The first-order valence-electron chi connectivity index (χ1n) is 9.47. The van der Waals surface area contributed by atoms with Gasteiger partial charge in [0, 0.05) is 17.1 Å². The molecule has 1 aromatic rings. The second kappa shape index (κ2) is 12.6. The molecule has 0 aliphatic rings. The van der Waals surface area contributed by atoms with Gasteiger partial charge >= 0.3 is 18.4 Å². The fourth-order valence-corrected chi connectivity index (χ4v) is 2.55. The molecule has 0 radical (unpaired) electrons. The van der Waals surface area contributed by atoms with E-state index in [1.54, 1.807) is 45.0 Å². The third-order valence-electron chi connectivity index (χ3n) is 3.72. The number of nitrogens with one attached hydrogen (secondary N) is 2. The van der Waals surface area contributed by atoms with Crippen molar-refractivity contribution in [1.29, 1.82) is 0 Å². The van der Waals surface area contributed by atoms with Gasteiger partial charge in [0.1, 0.15) is 18.2 Å². The average molecular weight is 439 g/mol. The van der Waals surface area contributed by atoms with Crippen LogP contribution in [0.25, 0.3) is 5.53 Å². The van der Waals surface area contributed by atoms with Crippen molar-refractivity contribution < 1.29 is 28.6 Å². The van der Waals surface area contributed by atoms with Gasteiger partial charge in [-0.05, 0) is 46.1 Å². The summed E-state index contributed by atoms with van der Waals surface area (Å²) in [7, 11) is 0. The number of hydrogen-bond donors (Lipinski definition) is 2. The minimum absolute atomic E-state index is 0.0579. The van der Waals surface area contributed by atoms with E-state index < -0.39 is 29.6 Å². The molecule has 0 spiro atoms. The number of nitrogens with zero attached hydrogens (tertiary/aromatic N) is 2. The van der Waals surface area contributed by atoms with E-state index in [0.29, 0.717) is 30.0 Å². The Bertz CT molecular complexity index is 788. The molecule has 0 saturated carbocycles. The third-order valence-corrected chi connectivity index (χ3v) is 4.09. The van der Waals surface area contributed by atoms with Gasteiger partial charge in [-0.25, -0.2) is 9.59 Å². The molecule has 0 heterocycles. The lowest BCUT2D eigenvalue weighted by atomic mass is 10.1. The van der Waals surface area contributed by atoms with Crippen LogP contribution >= 0.6 is 11.6 Å². The number of hydrogen-bond acceptors (Lipinski definition) is 5. The zero-order valence-electron chi connectivity index (χ0n) is 17.3. The van der Waals surface area contributed by atoms with E-state index in [2.05, 4.69) is 15.4 Å². The zero-order valence-corrected chi connectivity index (χ0v) is 18.1. The van der Waals surface area contributed by atoms with Crippen LogP contribution in [0.5, 0.6) is 0 Å². The van der Waals surface area contributed by atoms with Crippen molar-refractivity contribution >= 4 is 35.8 Å². The Morgan fingerprint density at radius 3 is 2.53 bits per heavy atom. The van der Waals surface area contributed by atoms with Crippen LogP contribution in [0.2, 0.25) is 5.02 Å². The zero-order chi connectivity index (χ0) is 22.6. The van der Waals surface area contributed by atoms with E-state index >= 15 is 0 Å². The lowest BCUT2D eigenvalue weighted by molar-refractivity contribution is -0.118. The Kier molecular flexibility index (Phi) is 10.6. The van der Waals surface area contributed by atoms with Gasteiger partial charge in [-0.2, -0.15) is 4.79 Å². The number of carbonyl (C=O) groups is 3. The first-order valence-corrected chi connectivity index (χ1v) is 9.85. The first-order chi connectivity index (χ1) is 14.1. The number of unbranched alkanes of at least 4 members (excludes halogenated alkanes) is 1. The second-order valence-electron chi connectivity index (χ2n) is 7.44. The quantitative estimate of drug-likeness (QED) is 0.250. The highest BCUT2D eigenvalue weighted by Crippen LogP contribution is 2.15. The molecule has 10 heteroatoms. The van der Waals surface area contributed by atoms with E-state index in [-0.39, 0.29) is 13.0 Å². The fourth-order valence-electron chi connectivity index (χ4n) is 2.36. The number of amides is 2. The summed E-state index contributed by atoms with van der Waals surface area (Å²) in [5.41, 5.74) is 8.55. The van der Waals surface area contributed by atoms with Gasteiger partial charge in [0.15, 0.2) is 0 Å². The summed E-state index contributed by atoms with van der Waals surface area (Å²) in [5, 5.41) is 5.59. The molecule has 164 valence electrons. The molecule has 0 aromatic heterocycles. The molecule has 0 bridgehead atoms. The summed E-state index contributed by atoms with van der Waals surface area (Å²) in [6, 6.07) is 6.16. The molecule has 1 rings (SSSR count). The number of halogens is 1. The van der Waals surface area contributed by atoms with Gasteiger partial charge in [-0.3, -0.25) is 4.79 Å². The van der Waals surface area contributed by atoms with Gasteiger partial charge in [0.05, 0.1) is 0 Å². The van der Waals surface area contributed by atoms with Gasteiger partial charge < -0.3 is 25.6 Å². The summed E-state index contributed by atoms with van der Waals surface area (Å²) in [6.07, 6.45) is 0.732. The van der Waals surface area contributed by atoms with Crippen LogP contribution in [0.3, 0.4) is 0 Å². The van der Waals surface area contributed by atoms with Gasteiger partial charge in [-0.15, -0.1) is 0 Å². The minimum atomic E-state index is -0.900. The molecule has 1 atom stereocenters. The maximum Gasteiger partial charge on any atom is 0.408 e. The third kappa shape index (κ3) is 10.6. The number of rotatable bonds is 10. The van der Waals surface area contributed by atoms with Crippen molar-refractivity contribution in [3.8, 4) is 0 Å². The van der Waals surface area contributed by atoms with Crippen molar-refractivity contribution in [2.24, 2.45) is 0 Å². The molecule has 2 amide bonds. The van der Waals surface area contributed by atoms with E-state index in [9.17, 15) is 14.4 Å². The maximum absolute atomic E-state index is 12.0. The normalized spacial score (nSPS) is 11.6. The molecular weight excluding hydrogens is 412 g/mol. The predicted octanol–water partition coefficient (Wildman–Crippen LogP) is 3.50. The van der Waals surface area contributed by atoms with Gasteiger partial charge in [0.2, 0.25) is 0 Å². The van der Waals surface area contributed by atoms with Crippen LogP contribution in [0, 0.1) is 0 Å². The van der Waals surface area contributed by atoms with Crippen LogP contribution in [-0.2, 0) is 20.9 Å². The standard InChI is InChI=1S/C20H27ClN4O5/c1-20(2,3)30-19(28)25-16(17(26)12-24-22)10-6-7-11-23-18(27)29-13-14-8-4-5-9-15(14)21/h4-5,8-9,12,16H,6-7,10-11,13H2,1-3H3,(H,23,27)(H,25,28)/t16-/m0/s1. The molecule has 0 saturated heterocycles. The minimum Gasteiger partial charge on any atom is -0.445 e.